The van der Waals surface area contributed by atoms with Crippen molar-refractivity contribution in [3.8, 4) is 0 Å². The molecule has 0 atom stereocenters. The monoisotopic (exact) mass is 185 g/mol. The van der Waals surface area contributed by atoms with Crippen molar-refractivity contribution < 1.29 is 14.0 Å². The van der Waals surface area contributed by atoms with E-state index in [1.807, 2.05) is 0 Å². The summed E-state index contributed by atoms with van der Waals surface area (Å²) < 4.78 is 21.2. The maximum Gasteiger partial charge on any atom is 0.279 e. The van der Waals surface area contributed by atoms with Crippen molar-refractivity contribution >= 4 is 11.4 Å². The smallest absolute Gasteiger partial charge is 0.258 e. The van der Waals surface area contributed by atoms with Crippen LogP contribution in [0.15, 0.2) is 18.2 Å². The summed E-state index contributed by atoms with van der Waals surface area (Å²) in [5, 5.41) is 21.2. The van der Waals surface area contributed by atoms with E-state index in [9.17, 15) is 20.2 Å². The summed E-state index contributed by atoms with van der Waals surface area (Å²) in [5.41, 5.74) is -2.38. The summed E-state index contributed by atoms with van der Waals surface area (Å²) in [7, 11) is 0. The Morgan fingerprint density at radius 2 is 1.69 bits per heavy atom. The molecule has 0 saturated heterocycles. The number of rotatable bonds is 2. The Bertz CT molecular complexity index is 425. The fraction of sp³-hybridized carbons (Fsp3) is 0.143. The van der Waals surface area contributed by atoms with E-state index in [2.05, 4.69) is 0 Å². The summed E-state index contributed by atoms with van der Waals surface area (Å²) in [6.07, 6.45) is 0. The first kappa shape index (κ1) is 5.63. The molecule has 0 unspecified atom stereocenters. The van der Waals surface area contributed by atoms with Gasteiger partial charge in [0.05, 0.1) is 9.85 Å². The highest BCUT2D eigenvalue weighted by atomic mass is 16.6. The molecule has 0 radical (unpaired) electrons. The van der Waals surface area contributed by atoms with Gasteiger partial charge in [-0.1, -0.05) is 0 Å². The number of benzene rings is 1. The zero-order valence-corrected chi connectivity index (χ0v) is 6.26. The summed E-state index contributed by atoms with van der Waals surface area (Å²) in [4.78, 5) is 19.3. The standard InChI is InChI=1S/C7H6N2O4/c1-5-6(8(10)11)3-2-4-7(5)9(12)13/h2-4H,1H3/i1D3. The Hall–Kier alpha value is -1.98. The minimum Gasteiger partial charge on any atom is -0.258 e. The number of nitro benzene ring substituents is 2. The van der Waals surface area contributed by atoms with Crippen LogP contribution in [0.3, 0.4) is 0 Å². The van der Waals surface area contributed by atoms with Gasteiger partial charge in [-0.15, -0.1) is 0 Å². The SMILES string of the molecule is [2H]C([2H])([2H])c1c([N+](=O)[O-])cccc1[N+](=O)[O-]. The predicted molar refractivity (Wildman–Crippen MR) is 44.5 cm³/mol. The van der Waals surface area contributed by atoms with Gasteiger partial charge in [-0.2, -0.15) is 0 Å². The van der Waals surface area contributed by atoms with Gasteiger partial charge in [0.15, 0.2) is 0 Å². The zero-order chi connectivity index (χ0) is 12.5. The van der Waals surface area contributed by atoms with Crippen LogP contribution in [0, 0.1) is 27.1 Å². The largest absolute Gasteiger partial charge is 0.279 e. The number of nitrogens with zero attached hydrogens (tertiary/aromatic N) is 2. The van der Waals surface area contributed by atoms with Crippen LogP contribution in [-0.4, -0.2) is 9.85 Å². The van der Waals surface area contributed by atoms with E-state index in [0.29, 0.717) is 0 Å². The lowest BCUT2D eigenvalue weighted by atomic mass is 10.1. The molecule has 0 amide bonds. The third-order valence-electron chi connectivity index (χ3n) is 1.41. The quantitative estimate of drug-likeness (QED) is 0.519. The maximum absolute atomic E-state index is 10.6. The Labute approximate surface area is 77.3 Å². The number of hydrogen-bond acceptors (Lipinski definition) is 4. The molecule has 0 aromatic heterocycles. The molecule has 0 heterocycles. The highest BCUT2D eigenvalue weighted by molar-refractivity contribution is 5.52. The van der Waals surface area contributed by atoms with Gasteiger partial charge in [-0.05, 0) is 12.9 Å². The molecule has 0 bridgehead atoms. The molecule has 13 heavy (non-hydrogen) atoms. The molecule has 68 valence electrons. The molecule has 0 spiro atoms. The lowest BCUT2D eigenvalue weighted by Gasteiger charge is -1.96. The Balaban J connectivity index is 3.60. The van der Waals surface area contributed by atoms with Gasteiger partial charge in [0, 0.05) is 16.2 Å². The second-order valence-corrected chi connectivity index (χ2v) is 2.19. The van der Waals surface area contributed by atoms with Crippen molar-refractivity contribution in [2.75, 3.05) is 0 Å². The molecule has 0 fully saturated rings. The summed E-state index contributed by atoms with van der Waals surface area (Å²) in [6, 6.07) is 2.93. The Morgan fingerprint density at radius 1 is 1.23 bits per heavy atom. The van der Waals surface area contributed by atoms with Crippen LogP contribution >= 0.6 is 0 Å². The fourth-order valence-electron chi connectivity index (χ4n) is 0.833. The molecule has 0 N–H and O–H groups in total. The van der Waals surface area contributed by atoms with E-state index in [0.717, 1.165) is 18.2 Å². The number of nitro groups is 2. The molecule has 6 nitrogen and oxygen atoms in total. The van der Waals surface area contributed by atoms with Gasteiger partial charge in [0.1, 0.15) is 5.56 Å². The van der Waals surface area contributed by atoms with Crippen molar-refractivity contribution in [2.45, 2.75) is 6.85 Å². The van der Waals surface area contributed by atoms with Gasteiger partial charge in [0.2, 0.25) is 0 Å². The van der Waals surface area contributed by atoms with Crippen molar-refractivity contribution in [1.29, 1.82) is 0 Å². The average Bonchev–Trinajstić information content (AvgIpc) is 2.15. The molecule has 0 aliphatic heterocycles. The van der Waals surface area contributed by atoms with E-state index in [1.165, 1.54) is 0 Å². The maximum atomic E-state index is 10.6. The van der Waals surface area contributed by atoms with Crippen molar-refractivity contribution in [2.24, 2.45) is 0 Å². The Morgan fingerprint density at radius 3 is 2.00 bits per heavy atom. The lowest BCUT2D eigenvalue weighted by Crippen LogP contribution is -1.96. The first-order chi connectivity index (χ1) is 7.25. The van der Waals surface area contributed by atoms with E-state index < -0.39 is 33.6 Å². The van der Waals surface area contributed by atoms with Crippen molar-refractivity contribution in [3.63, 3.8) is 0 Å². The highest BCUT2D eigenvalue weighted by Crippen LogP contribution is 2.26. The molecule has 0 aliphatic carbocycles. The van der Waals surface area contributed by atoms with Crippen molar-refractivity contribution in [3.05, 3.63) is 44.0 Å². The predicted octanol–water partition coefficient (Wildman–Crippen LogP) is 1.81. The molecule has 1 aromatic rings. The zero-order valence-electron chi connectivity index (χ0n) is 9.26. The van der Waals surface area contributed by atoms with Crippen LogP contribution in [0.25, 0.3) is 0 Å². The summed E-state index contributed by atoms with van der Waals surface area (Å²) >= 11 is 0. The Kier molecular flexibility index (Phi) is 1.38. The van der Waals surface area contributed by atoms with Crippen molar-refractivity contribution in [1.82, 2.24) is 0 Å². The van der Waals surface area contributed by atoms with Crippen LogP contribution in [0.4, 0.5) is 11.4 Å². The van der Waals surface area contributed by atoms with Gasteiger partial charge < -0.3 is 0 Å². The molecule has 6 heteroatoms. The van der Waals surface area contributed by atoms with Crippen LogP contribution < -0.4 is 0 Å². The van der Waals surface area contributed by atoms with Crippen LogP contribution in [-0.2, 0) is 0 Å². The highest BCUT2D eigenvalue weighted by Gasteiger charge is 2.19. The van der Waals surface area contributed by atoms with Gasteiger partial charge in [-0.25, -0.2) is 0 Å². The lowest BCUT2D eigenvalue weighted by molar-refractivity contribution is -0.395. The normalized spacial score (nSPS) is 14.0. The minimum absolute atomic E-state index is 0.769. The first-order valence-electron chi connectivity index (χ1n) is 4.67. The third-order valence-corrected chi connectivity index (χ3v) is 1.41. The first-order valence-corrected chi connectivity index (χ1v) is 3.17. The van der Waals surface area contributed by atoms with E-state index in [1.54, 1.807) is 0 Å². The second-order valence-electron chi connectivity index (χ2n) is 2.19. The topological polar surface area (TPSA) is 86.3 Å². The molecule has 1 aromatic carbocycles. The van der Waals surface area contributed by atoms with Gasteiger partial charge in [-0.3, -0.25) is 20.2 Å². The molecular weight excluding hydrogens is 176 g/mol. The van der Waals surface area contributed by atoms with Crippen LogP contribution in [0.5, 0.6) is 0 Å². The van der Waals surface area contributed by atoms with E-state index >= 15 is 0 Å². The van der Waals surface area contributed by atoms with E-state index in [4.69, 9.17) is 4.11 Å². The summed E-state index contributed by atoms with van der Waals surface area (Å²) in [5.74, 6) is 0. The van der Waals surface area contributed by atoms with Gasteiger partial charge in [0.25, 0.3) is 11.4 Å². The molecule has 0 saturated carbocycles. The van der Waals surface area contributed by atoms with Crippen LogP contribution in [0.2, 0.25) is 0 Å². The second kappa shape index (κ2) is 3.18. The fourth-order valence-corrected chi connectivity index (χ4v) is 0.833. The molecule has 1 rings (SSSR count). The van der Waals surface area contributed by atoms with Gasteiger partial charge >= 0.3 is 0 Å². The third kappa shape index (κ3) is 1.61. The van der Waals surface area contributed by atoms with E-state index in [-0.39, 0.29) is 0 Å². The molecular formula is C7H6N2O4. The molecule has 0 aliphatic rings. The van der Waals surface area contributed by atoms with Crippen LogP contribution in [0.1, 0.15) is 9.68 Å². The number of hydrogen-bond donors (Lipinski definition) is 0. The minimum atomic E-state index is -2.90. The summed E-state index contributed by atoms with van der Waals surface area (Å²) in [6.45, 7) is -2.90. The average molecular weight is 185 g/mol.